The molecule has 0 unspecified atom stereocenters. The summed E-state index contributed by atoms with van der Waals surface area (Å²) in [5, 5.41) is 0. The molecule has 6 nitrogen and oxygen atoms in total. The van der Waals surface area contributed by atoms with Gasteiger partial charge in [-0.3, -0.25) is 9.69 Å². The van der Waals surface area contributed by atoms with Crippen molar-refractivity contribution < 1.29 is 13.9 Å². The second kappa shape index (κ2) is 6.86. The molecule has 5 heterocycles. The van der Waals surface area contributed by atoms with Crippen LogP contribution in [-0.4, -0.2) is 79.6 Å². The smallest absolute Gasteiger partial charge is 0.257 e. The van der Waals surface area contributed by atoms with Crippen LogP contribution in [0.25, 0.3) is 0 Å². The van der Waals surface area contributed by atoms with Crippen LogP contribution in [0.1, 0.15) is 29.0 Å². The van der Waals surface area contributed by atoms with Gasteiger partial charge in [0.05, 0.1) is 25.3 Å². The minimum Gasteiger partial charge on any atom is -0.467 e. The minimum atomic E-state index is 0.136. The number of amides is 1. The molecule has 4 aliphatic heterocycles. The Balaban J connectivity index is 1.43. The number of piperidine rings is 1. The Morgan fingerprint density at radius 2 is 2.04 bits per heavy atom. The van der Waals surface area contributed by atoms with Gasteiger partial charge in [-0.05, 0) is 31.9 Å². The summed E-state index contributed by atoms with van der Waals surface area (Å²) in [6.07, 6.45) is 4.01. The molecule has 0 aliphatic carbocycles. The van der Waals surface area contributed by atoms with E-state index in [9.17, 15) is 4.79 Å². The fourth-order valence-electron chi connectivity index (χ4n) is 4.29. The third-order valence-electron chi connectivity index (χ3n) is 5.54. The number of hydrogen-bond donors (Lipinski definition) is 0. The van der Waals surface area contributed by atoms with Gasteiger partial charge in [-0.2, -0.15) is 0 Å². The molecule has 24 heavy (non-hydrogen) atoms. The number of nitrogens with zero attached hydrogens (tertiary/aromatic N) is 3. The highest BCUT2D eigenvalue weighted by Crippen LogP contribution is 2.29. The summed E-state index contributed by atoms with van der Waals surface area (Å²) < 4.78 is 11.0. The van der Waals surface area contributed by atoms with Crippen LogP contribution >= 0.6 is 0 Å². The molecule has 2 atom stereocenters. The van der Waals surface area contributed by atoms with Crippen molar-refractivity contribution in [3.8, 4) is 0 Å². The lowest BCUT2D eigenvalue weighted by atomic mass is 9.94. The quantitative estimate of drug-likeness (QED) is 0.834. The average molecular weight is 333 g/mol. The number of morpholine rings is 1. The van der Waals surface area contributed by atoms with Crippen LogP contribution in [0.4, 0.5) is 0 Å². The Bertz CT molecular complexity index is 582. The van der Waals surface area contributed by atoms with Gasteiger partial charge in [0.2, 0.25) is 0 Å². The maximum Gasteiger partial charge on any atom is 0.257 e. The monoisotopic (exact) mass is 333 g/mol. The first-order chi connectivity index (χ1) is 11.7. The highest BCUT2D eigenvalue weighted by molar-refractivity contribution is 5.94. The number of furan rings is 1. The summed E-state index contributed by atoms with van der Waals surface area (Å²) >= 11 is 0. The zero-order valence-corrected chi connectivity index (χ0v) is 14.4. The van der Waals surface area contributed by atoms with Gasteiger partial charge in [-0.25, -0.2) is 0 Å². The van der Waals surface area contributed by atoms with E-state index in [0.29, 0.717) is 17.5 Å². The number of ether oxygens (including phenoxy) is 1. The van der Waals surface area contributed by atoms with Crippen molar-refractivity contribution in [2.45, 2.75) is 25.4 Å². The number of carbonyl (C=O) groups is 1. The number of likely N-dealkylation sites (N-methyl/N-ethyl adjacent to an activating group) is 1. The molecule has 2 bridgehead atoms. The Labute approximate surface area is 143 Å². The fraction of sp³-hybridized carbons (Fsp3) is 0.722. The van der Waals surface area contributed by atoms with Gasteiger partial charge in [0.1, 0.15) is 12.0 Å². The van der Waals surface area contributed by atoms with Gasteiger partial charge in [0.15, 0.2) is 0 Å². The van der Waals surface area contributed by atoms with E-state index in [-0.39, 0.29) is 5.91 Å². The summed E-state index contributed by atoms with van der Waals surface area (Å²) in [6.45, 7) is 7.13. The van der Waals surface area contributed by atoms with Crippen LogP contribution in [0.2, 0.25) is 0 Å². The molecule has 0 spiro atoms. The molecular formula is C18H27N3O3. The molecule has 1 aromatic rings. The van der Waals surface area contributed by atoms with Gasteiger partial charge in [0, 0.05) is 38.8 Å². The van der Waals surface area contributed by atoms with Crippen molar-refractivity contribution in [2.75, 3.05) is 53.0 Å². The van der Waals surface area contributed by atoms with E-state index in [0.717, 1.165) is 64.7 Å². The van der Waals surface area contributed by atoms with Gasteiger partial charge in [-0.1, -0.05) is 0 Å². The van der Waals surface area contributed by atoms with Crippen molar-refractivity contribution in [3.05, 3.63) is 23.7 Å². The number of carbonyl (C=O) groups excluding carboxylic acids is 1. The maximum atomic E-state index is 13.0. The molecule has 1 amide bonds. The first-order valence-electron chi connectivity index (χ1n) is 9.06. The van der Waals surface area contributed by atoms with E-state index in [1.807, 2.05) is 6.07 Å². The molecular weight excluding hydrogens is 306 g/mol. The van der Waals surface area contributed by atoms with Crippen molar-refractivity contribution in [3.63, 3.8) is 0 Å². The van der Waals surface area contributed by atoms with Gasteiger partial charge in [0.25, 0.3) is 5.91 Å². The topological polar surface area (TPSA) is 49.2 Å². The number of fused-ring (bicyclic) bond motifs is 4. The second-order valence-electron chi connectivity index (χ2n) is 7.47. The van der Waals surface area contributed by atoms with Crippen LogP contribution in [0.3, 0.4) is 0 Å². The summed E-state index contributed by atoms with van der Waals surface area (Å²) in [4.78, 5) is 19.7. The van der Waals surface area contributed by atoms with E-state index in [1.165, 1.54) is 6.42 Å². The Morgan fingerprint density at radius 1 is 1.21 bits per heavy atom. The summed E-state index contributed by atoms with van der Waals surface area (Å²) in [5.41, 5.74) is 0.702. The largest absolute Gasteiger partial charge is 0.467 e. The van der Waals surface area contributed by atoms with Crippen LogP contribution in [0.15, 0.2) is 16.7 Å². The maximum absolute atomic E-state index is 13.0. The van der Waals surface area contributed by atoms with E-state index < -0.39 is 0 Å². The lowest BCUT2D eigenvalue weighted by molar-refractivity contribution is 0.0313. The van der Waals surface area contributed by atoms with Gasteiger partial charge in [-0.15, -0.1) is 0 Å². The zero-order chi connectivity index (χ0) is 16.5. The van der Waals surface area contributed by atoms with Crippen molar-refractivity contribution in [2.24, 2.45) is 5.92 Å². The first-order valence-corrected chi connectivity index (χ1v) is 9.06. The van der Waals surface area contributed by atoms with Crippen molar-refractivity contribution in [1.29, 1.82) is 0 Å². The fourth-order valence-corrected chi connectivity index (χ4v) is 4.29. The summed E-state index contributed by atoms with van der Waals surface area (Å²) in [5.74, 6) is 1.62. The van der Waals surface area contributed by atoms with Crippen molar-refractivity contribution in [1.82, 2.24) is 14.7 Å². The third kappa shape index (κ3) is 3.36. The zero-order valence-electron chi connectivity index (χ0n) is 14.4. The highest BCUT2D eigenvalue weighted by Gasteiger charge is 2.36. The normalized spacial score (nSPS) is 29.0. The number of rotatable bonds is 3. The van der Waals surface area contributed by atoms with Crippen LogP contribution in [0, 0.1) is 5.92 Å². The lowest BCUT2D eigenvalue weighted by Crippen LogP contribution is -2.47. The van der Waals surface area contributed by atoms with Gasteiger partial charge >= 0.3 is 0 Å². The summed E-state index contributed by atoms with van der Waals surface area (Å²) in [6, 6.07) is 2.28. The molecule has 5 rings (SSSR count). The van der Waals surface area contributed by atoms with E-state index in [4.69, 9.17) is 9.15 Å². The standard InChI is InChI=1S/C18H27N3O3/c1-19-9-14-2-3-16(11-19)21(10-14)18(22)15-8-17(24-13-15)12-20-4-6-23-7-5-20/h8,13-14,16H,2-7,9-12H2,1H3/t14-,16+/m1/s1. The highest BCUT2D eigenvalue weighted by atomic mass is 16.5. The molecule has 0 N–H and O–H groups in total. The molecule has 132 valence electrons. The Hall–Kier alpha value is -1.37. The van der Waals surface area contributed by atoms with Crippen LogP contribution in [0.5, 0.6) is 0 Å². The predicted octanol–water partition coefficient (Wildman–Crippen LogP) is 1.28. The lowest BCUT2D eigenvalue weighted by Gasteiger charge is -2.36. The van der Waals surface area contributed by atoms with E-state index in [1.54, 1.807) is 6.26 Å². The van der Waals surface area contributed by atoms with Crippen molar-refractivity contribution >= 4 is 5.91 Å². The Morgan fingerprint density at radius 3 is 2.88 bits per heavy atom. The molecule has 6 heteroatoms. The first kappa shape index (κ1) is 16.1. The average Bonchev–Trinajstić information content (AvgIpc) is 2.89. The van der Waals surface area contributed by atoms with E-state index >= 15 is 0 Å². The second-order valence-corrected chi connectivity index (χ2v) is 7.47. The predicted molar refractivity (Wildman–Crippen MR) is 89.8 cm³/mol. The van der Waals surface area contributed by atoms with Crippen LogP contribution < -0.4 is 0 Å². The molecule has 0 aromatic carbocycles. The van der Waals surface area contributed by atoms with E-state index in [2.05, 4.69) is 21.7 Å². The Kier molecular flexibility index (Phi) is 4.61. The molecule has 0 saturated carbocycles. The third-order valence-corrected chi connectivity index (χ3v) is 5.54. The number of hydrogen-bond acceptors (Lipinski definition) is 5. The molecule has 0 radical (unpaired) electrons. The minimum absolute atomic E-state index is 0.136. The molecule has 4 aliphatic rings. The van der Waals surface area contributed by atoms with Gasteiger partial charge < -0.3 is 19.0 Å². The molecule has 4 fully saturated rings. The summed E-state index contributed by atoms with van der Waals surface area (Å²) in [7, 11) is 2.16. The molecule has 1 aromatic heterocycles. The molecule has 4 saturated heterocycles. The SMILES string of the molecule is CN1C[C@H]2CC[C@@H](C1)N(C(=O)c1coc(CN3CCOCC3)c1)C2. The van der Waals surface area contributed by atoms with Crippen LogP contribution in [-0.2, 0) is 11.3 Å².